The molecule has 0 amide bonds. The van der Waals surface area contributed by atoms with E-state index in [-0.39, 0.29) is 5.41 Å². The maximum Gasteiger partial charge on any atom is 0.114 e. The van der Waals surface area contributed by atoms with E-state index in [9.17, 15) is 0 Å². The van der Waals surface area contributed by atoms with Gasteiger partial charge in [-0.15, -0.1) is 0 Å². The van der Waals surface area contributed by atoms with E-state index in [4.69, 9.17) is 5.26 Å². The summed E-state index contributed by atoms with van der Waals surface area (Å²) in [6.07, 6.45) is 6.58. The van der Waals surface area contributed by atoms with Gasteiger partial charge in [0.25, 0.3) is 0 Å². The van der Waals surface area contributed by atoms with Crippen LogP contribution in [0.15, 0.2) is 35.3 Å². The van der Waals surface area contributed by atoms with Crippen LogP contribution in [-0.2, 0) is 0 Å². The summed E-state index contributed by atoms with van der Waals surface area (Å²) < 4.78 is 0. The van der Waals surface area contributed by atoms with Gasteiger partial charge in [0.1, 0.15) is 6.17 Å². The summed E-state index contributed by atoms with van der Waals surface area (Å²) in [7, 11) is 2.10. The van der Waals surface area contributed by atoms with Crippen LogP contribution >= 0.6 is 0 Å². The highest BCUT2D eigenvalue weighted by Crippen LogP contribution is 2.47. The minimum atomic E-state index is 0.0282. The number of fused-ring (bicyclic) bond motifs is 1. The van der Waals surface area contributed by atoms with E-state index in [1.807, 2.05) is 13.0 Å². The second kappa shape index (κ2) is 3.66. The lowest BCUT2D eigenvalue weighted by molar-refractivity contribution is 0.132. The largest absolute Gasteiger partial charge is 0.358 e. The summed E-state index contributed by atoms with van der Waals surface area (Å²) in [5.41, 5.74) is 3.30. The van der Waals surface area contributed by atoms with E-state index < -0.39 is 0 Å². The van der Waals surface area contributed by atoms with E-state index in [0.717, 1.165) is 5.57 Å². The van der Waals surface area contributed by atoms with Crippen molar-refractivity contribution in [3.05, 3.63) is 35.3 Å². The summed E-state index contributed by atoms with van der Waals surface area (Å²) >= 11 is 0. The van der Waals surface area contributed by atoms with Gasteiger partial charge in [0.05, 0.1) is 6.07 Å². The van der Waals surface area contributed by atoms with Crippen LogP contribution in [0.1, 0.15) is 27.7 Å². The van der Waals surface area contributed by atoms with Crippen molar-refractivity contribution in [2.24, 2.45) is 5.41 Å². The average Bonchev–Trinajstić information content (AvgIpc) is 2.73. The van der Waals surface area contributed by atoms with Gasteiger partial charge in [-0.2, -0.15) is 5.26 Å². The predicted molar refractivity (Wildman–Crippen MR) is 68.4 cm³/mol. The first-order valence-electron chi connectivity index (χ1n) is 5.88. The fraction of sp³-hybridized carbons (Fsp3) is 0.500. The molecule has 0 saturated heterocycles. The first-order valence-corrected chi connectivity index (χ1v) is 5.88. The molecular weight excluding hydrogens is 210 g/mol. The molecule has 0 bridgehead atoms. The molecule has 0 N–H and O–H groups in total. The van der Waals surface area contributed by atoms with Crippen LogP contribution in [0.3, 0.4) is 0 Å². The van der Waals surface area contributed by atoms with Crippen LogP contribution in [-0.4, -0.2) is 23.0 Å². The Hall–Kier alpha value is -1.69. The Balaban J connectivity index is 2.49. The number of nitriles is 1. The van der Waals surface area contributed by atoms with Crippen LogP contribution in [0.5, 0.6) is 0 Å². The molecule has 1 unspecified atom stereocenters. The van der Waals surface area contributed by atoms with Crippen LogP contribution < -0.4 is 0 Å². The fourth-order valence-corrected chi connectivity index (χ4v) is 2.97. The molecule has 0 aliphatic carbocycles. The number of rotatable bonds is 1. The van der Waals surface area contributed by atoms with Gasteiger partial charge in [0, 0.05) is 36.1 Å². The minimum Gasteiger partial charge on any atom is -0.358 e. The van der Waals surface area contributed by atoms with Gasteiger partial charge < -0.3 is 9.80 Å². The quantitative estimate of drug-likeness (QED) is 0.648. The van der Waals surface area contributed by atoms with Crippen molar-refractivity contribution in [2.45, 2.75) is 33.9 Å². The zero-order chi connectivity index (χ0) is 12.8. The summed E-state index contributed by atoms with van der Waals surface area (Å²) in [6.45, 7) is 8.46. The molecule has 3 nitrogen and oxygen atoms in total. The Morgan fingerprint density at radius 3 is 2.65 bits per heavy atom. The van der Waals surface area contributed by atoms with E-state index in [2.05, 4.69) is 56.1 Å². The van der Waals surface area contributed by atoms with Crippen molar-refractivity contribution in [2.75, 3.05) is 7.05 Å². The molecule has 2 aliphatic heterocycles. The first kappa shape index (κ1) is 11.8. The van der Waals surface area contributed by atoms with Crippen molar-refractivity contribution in [3.8, 4) is 6.07 Å². The lowest BCUT2D eigenvalue weighted by Crippen LogP contribution is -2.42. The molecular formula is C14H19N3. The summed E-state index contributed by atoms with van der Waals surface area (Å²) in [5, 5.41) is 8.93. The third-order valence-electron chi connectivity index (χ3n) is 3.77. The molecule has 2 aliphatic rings. The Kier molecular flexibility index (Phi) is 2.54. The molecule has 0 fully saturated rings. The fourth-order valence-electron chi connectivity index (χ4n) is 2.97. The molecule has 90 valence electrons. The molecule has 1 atom stereocenters. The van der Waals surface area contributed by atoms with Crippen LogP contribution in [0, 0.1) is 16.7 Å². The van der Waals surface area contributed by atoms with Gasteiger partial charge in [0.15, 0.2) is 0 Å². The van der Waals surface area contributed by atoms with E-state index in [1.54, 1.807) is 0 Å². The van der Waals surface area contributed by atoms with Crippen molar-refractivity contribution < 1.29 is 0 Å². The van der Waals surface area contributed by atoms with E-state index in [1.165, 1.54) is 11.3 Å². The molecule has 0 saturated carbocycles. The van der Waals surface area contributed by atoms with Crippen molar-refractivity contribution >= 4 is 0 Å². The lowest BCUT2D eigenvalue weighted by Gasteiger charge is -2.35. The zero-order valence-corrected chi connectivity index (χ0v) is 11.2. The highest BCUT2D eigenvalue weighted by Gasteiger charge is 2.47. The number of hydrogen-bond acceptors (Lipinski definition) is 3. The molecule has 0 radical (unpaired) electrons. The molecule has 0 spiro atoms. The van der Waals surface area contributed by atoms with Crippen molar-refractivity contribution in [1.82, 2.24) is 9.80 Å². The van der Waals surface area contributed by atoms with Gasteiger partial charge in [-0.25, -0.2) is 0 Å². The Morgan fingerprint density at radius 2 is 2.12 bits per heavy atom. The summed E-state index contributed by atoms with van der Waals surface area (Å²) in [4.78, 5) is 4.52. The predicted octanol–water partition coefficient (Wildman–Crippen LogP) is 2.81. The molecule has 0 aromatic rings. The van der Waals surface area contributed by atoms with Gasteiger partial charge >= 0.3 is 0 Å². The summed E-state index contributed by atoms with van der Waals surface area (Å²) in [6, 6.07) is 2.20. The topological polar surface area (TPSA) is 30.3 Å². The minimum absolute atomic E-state index is 0.0282. The standard InChI is InChI=1S/C14H19N3/c1-10(9-15)8-12-11(2)17-7-6-16(5)13(17)14(12,3)4/h6-8,13H,1-5H3/b10-8+. The average molecular weight is 229 g/mol. The van der Waals surface area contributed by atoms with Crippen LogP contribution in [0.4, 0.5) is 0 Å². The molecule has 2 heterocycles. The Bertz CT molecular complexity index is 474. The van der Waals surface area contributed by atoms with Gasteiger partial charge in [0.2, 0.25) is 0 Å². The van der Waals surface area contributed by atoms with Crippen LogP contribution in [0.25, 0.3) is 0 Å². The lowest BCUT2D eigenvalue weighted by atomic mass is 9.82. The molecule has 0 aromatic heterocycles. The van der Waals surface area contributed by atoms with Crippen molar-refractivity contribution in [1.29, 1.82) is 5.26 Å². The molecule has 3 heteroatoms. The summed E-state index contributed by atoms with van der Waals surface area (Å²) in [5.74, 6) is 0. The van der Waals surface area contributed by atoms with Gasteiger partial charge in [-0.05, 0) is 25.5 Å². The second-order valence-electron chi connectivity index (χ2n) is 5.40. The molecule has 0 aromatic carbocycles. The zero-order valence-electron chi connectivity index (χ0n) is 11.2. The molecule has 17 heavy (non-hydrogen) atoms. The third kappa shape index (κ3) is 1.56. The number of hydrogen-bond donors (Lipinski definition) is 0. The highest BCUT2D eigenvalue weighted by atomic mass is 15.4. The van der Waals surface area contributed by atoms with E-state index in [0.29, 0.717) is 6.17 Å². The first-order chi connectivity index (χ1) is 7.89. The Morgan fingerprint density at radius 1 is 1.47 bits per heavy atom. The maximum atomic E-state index is 8.93. The smallest absolute Gasteiger partial charge is 0.114 e. The normalized spacial score (nSPS) is 26.6. The maximum absolute atomic E-state index is 8.93. The Labute approximate surface area is 103 Å². The number of allylic oxidation sites excluding steroid dienone is 3. The SMILES string of the molecule is CC1=C(/C=C(\C)C#N)C(C)(C)C2N(C)C=CN12. The van der Waals surface area contributed by atoms with Crippen molar-refractivity contribution in [3.63, 3.8) is 0 Å². The van der Waals surface area contributed by atoms with Gasteiger partial charge in [-0.1, -0.05) is 13.8 Å². The second-order valence-corrected chi connectivity index (χ2v) is 5.40. The monoisotopic (exact) mass is 229 g/mol. The third-order valence-corrected chi connectivity index (χ3v) is 3.77. The van der Waals surface area contributed by atoms with Gasteiger partial charge in [-0.3, -0.25) is 0 Å². The highest BCUT2D eigenvalue weighted by molar-refractivity contribution is 5.43. The van der Waals surface area contributed by atoms with E-state index >= 15 is 0 Å². The number of nitrogens with zero attached hydrogens (tertiary/aromatic N) is 3. The molecule has 2 rings (SSSR count). The van der Waals surface area contributed by atoms with Crippen LogP contribution in [0.2, 0.25) is 0 Å².